The summed E-state index contributed by atoms with van der Waals surface area (Å²) in [5.41, 5.74) is 1.21. The second-order valence-electron chi connectivity index (χ2n) is 22.3. The van der Waals surface area contributed by atoms with Gasteiger partial charge in [0.1, 0.15) is 12.2 Å². The summed E-state index contributed by atoms with van der Waals surface area (Å²) in [4.78, 5) is 57.4. The number of carboxylic acid groups (broad SMARTS) is 1. The number of benzene rings is 1. The molecule has 0 saturated heterocycles. The van der Waals surface area contributed by atoms with Crippen molar-refractivity contribution in [2.24, 2.45) is 56.2 Å². The van der Waals surface area contributed by atoms with Crippen molar-refractivity contribution in [2.45, 2.75) is 152 Å². The number of likely N-dealkylation sites (N-methyl/N-ethyl adjacent to an activating group) is 1. The van der Waals surface area contributed by atoms with Gasteiger partial charge in [-0.25, -0.2) is 0 Å². The number of carbonyl (C=O) groups excluding carboxylic acids is 3. The first-order chi connectivity index (χ1) is 27.8. The number of ether oxygens (including phenoxy) is 2. The molecule has 0 unspecified atom stereocenters. The zero-order valence-corrected chi connectivity index (χ0v) is 39.6. The number of hydrogen-bond donors (Lipinski definition) is 1. The smallest absolute Gasteiger partial charge is 0.309 e. The lowest BCUT2D eigenvalue weighted by Crippen LogP contribution is -2.66. The van der Waals surface area contributed by atoms with Crippen LogP contribution in [-0.4, -0.2) is 84.5 Å². The van der Waals surface area contributed by atoms with Gasteiger partial charge in [-0.1, -0.05) is 78.3 Å². The normalized spacial score (nSPS) is 34.2. The fourth-order valence-corrected chi connectivity index (χ4v) is 14.3. The number of rotatable bonds is 14. The number of carboxylic acids is 1. The van der Waals surface area contributed by atoms with Crippen LogP contribution in [0.2, 0.25) is 5.02 Å². The Bertz CT molecular complexity index is 1870. The molecule has 0 aliphatic heterocycles. The Balaban J connectivity index is 1.34. The first-order valence-electron chi connectivity index (χ1n) is 22.8. The van der Waals surface area contributed by atoms with E-state index in [0.717, 1.165) is 75.6 Å². The maximum absolute atomic E-state index is 14.6. The van der Waals surface area contributed by atoms with Gasteiger partial charge >= 0.3 is 17.9 Å². The van der Waals surface area contributed by atoms with Gasteiger partial charge < -0.3 is 19.5 Å². The molecular weight excluding hydrogens is 776 g/mol. The van der Waals surface area contributed by atoms with Crippen molar-refractivity contribution in [3.05, 3.63) is 46.0 Å². The van der Waals surface area contributed by atoms with Gasteiger partial charge in [0.15, 0.2) is 5.78 Å². The Labute approximate surface area is 365 Å². The first kappa shape index (κ1) is 46.7. The number of fused-ring (bicyclic) bond motifs is 7. The molecule has 0 amide bonds. The van der Waals surface area contributed by atoms with Gasteiger partial charge in [0.2, 0.25) is 0 Å². The van der Waals surface area contributed by atoms with E-state index in [0.29, 0.717) is 36.4 Å². The highest BCUT2D eigenvalue weighted by Crippen LogP contribution is 2.77. The molecule has 1 aromatic rings. The highest BCUT2D eigenvalue weighted by atomic mass is 35.5. The molecule has 0 radical (unpaired) electrons. The Hall–Kier alpha value is -2.75. The van der Waals surface area contributed by atoms with Crippen molar-refractivity contribution in [1.82, 2.24) is 9.80 Å². The number of nitrogens with zero attached hydrogens (tertiary/aromatic N) is 2. The molecule has 0 heterocycles. The Morgan fingerprint density at radius 3 is 2.22 bits per heavy atom. The highest BCUT2D eigenvalue weighted by Gasteiger charge is 2.71. The van der Waals surface area contributed by atoms with Crippen LogP contribution in [0.25, 0.3) is 0 Å². The third kappa shape index (κ3) is 8.04. The number of carbonyl (C=O) groups is 4. The molecule has 4 saturated carbocycles. The zero-order chi connectivity index (χ0) is 44.4. The van der Waals surface area contributed by atoms with Gasteiger partial charge in [-0.3, -0.25) is 24.1 Å². The summed E-state index contributed by atoms with van der Waals surface area (Å²) in [7, 11) is 4.14. The van der Waals surface area contributed by atoms with E-state index < -0.39 is 28.9 Å². The number of aliphatic carboxylic acids is 1. The van der Waals surface area contributed by atoms with E-state index in [9.17, 15) is 24.3 Å². The molecule has 1 N–H and O–H groups in total. The molecule has 10 heteroatoms. The summed E-state index contributed by atoms with van der Waals surface area (Å²) < 4.78 is 12.7. The van der Waals surface area contributed by atoms with Crippen LogP contribution in [-0.2, 0) is 35.2 Å². The van der Waals surface area contributed by atoms with Crippen LogP contribution in [0.4, 0.5) is 0 Å². The van der Waals surface area contributed by atoms with Crippen LogP contribution in [0, 0.1) is 56.2 Å². The van der Waals surface area contributed by atoms with Crippen molar-refractivity contribution < 1.29 is 33.8 Å². The van der Waals surface area contributed by atoms with Gasteiger partial charge in [0.25, 0.3) is 0 Å². The quantitative estimate of drug-likeness (QED) is 0.183. The summed E-state index contributed by atoms with van der Waals surface area (Å²) in [5, 5.41) is 10.4. The van der Waals surface area contributed by atoms with Crippen LogP contribution >= 0.6 is 11.6 Å². The van der Waals surface area contributed by atoms with Crippen LogP contribution in [0.3, 0.4) is 0 Å². The monoisotopic (exact) mass is 851 g/mol. The number of allylic oxidation sites excluding steroid dienone is 1. The molecule has 1 aromatic carbocycles. The van der Waals surface area contributed by atoms with E-state index in [1.54, 1.807) is 13.8 Å². The summed E-state index contributed by atoms with van der Waals surface area (Å²) >= 11 is 6.74. The van der Waals surface area contributed by atoms with Crippen molar-refractivity contribution in [1.29, 1.82) is 0 Å². The Kier molecular flexibility index (Phi) is 13.0. The largest absolute Gasteiger partial charge is 0.481 e. The number of halogens is 1. The standard InChI is InChI=1S/C50H75ClN2O7/c1-31(2)42-36(55)27-50(40(59-32(3)54)30-53(26-25-52(11)12)29-33-15-13-14-16-35(33)51)24-23-48(9)34(43(42)50)17-18-38-47(8)21-20-39(60-41(56)28-45(4,5)44(57)58)46(6,7)37(47)19-22-49(38,48)10/h13-16,31,34,37-40H,17-30H2,1-12H3,(H,57,58)/t34-,37+,38-,39+,40+,47+,48-,49-,50-/m1/s1. The van der Waals surface area contributed by atoms with E-state index in [1.165, 1.54) is 12.5 Å². The second kappa shape index (κ2) is 16.7. The maximum atomic E-state index is 14.6. The van der Waals surface area contributed by atoms with Gasteiger partial charge in [-0.2, -0.15) is 0 Å². The first-order valence-corrected chi connectivity index (χ1v) is 23.2. The molecule has 0 aromatic heterocycles. The molecule has 60 heavy (non-hydrogen) atoms. The predicted octanol–water partition coefficient (Wildman–Crippen LogP) is 10.0. The van der Waals surface area contributed by atoms with E-state index in [-0.39, 0.29) is 57.8 Å². The van der Waals surface area contributed by atoms with Crippen molar-refractivity contribution in [2.75, 3.05) is 33.7 Å². The minimum Gasteiger partial charge on any atom is -0.481 e. The molecule has 9 atom stereocenters. The molecule has 5 aliphatic rings. The summed E-state index contributed by atoms with van der Waals surface area (Å²) in [6, 6.07) is 7.95. The fourth-order valence-electron chi connectivity index (χ4n) is 14.1. The van der Waals surface area contributed by atoms with Crippen LogP contribution in [0.15, 0.2) is 35.4 Å². The Morgan fingerprint density at radius 1 is 0.917 bits per heavy atom. The van der Waals surface area contributed by atoms with E-state index >= 15 is 0 Å². The third-order valence-corrected chi connectivity index (χ3v) is 17.8. The molecule has 334 valence electrons. The minimum absolute atomic E-state index is 0.00209. The van der Waals surface area contributed by atoms with Crippen molar-refractivity contribution >= 4 is 35.3 Å². The number of Topliss-reactive ketones (excluding diaryl/α,β-unsaturated/α-hetero) is 1. The third-order valence-electron chi connectivity index (χ3n) is 17.4. The number of esters is 2. The van der Waals surface area contributed by atoms with Crippen LogP contribution in [0.1, 0.15) is 139 Å². The summed E-state index contributed by atoms with van der Waals surface area (Å²) in [6.45, 7) is 23.9. The van der Waals surface area contributed by atoms with Crippen LogP contribution in [0.5, 0.6) is 0 Å². The van der Waals surface area contributed by atoms with E-state index in [1.807, 2.05) is 18.2 Å². The molecule has 6 rings (SSSR count). The average molecular weight is 852 g/mol. The lowest BCUT2D eigenvalue weighted by atomic mass is 9.33. The highest BCUT2D eigenvalue weighted by molar-refractivity contribution is 6.31. The lowest BCUT2D eigenvalue weighted by Gasteiger charge is -2.72. The topological polar surface area (TPSA) is 113 Å². The van der Waals surface area contributed by atoms with Crippen molar-refractivity contribution in [3.8, 4) is 0 Å². The predicted molar refractivity (Wildman–Crippen MR) is 236 cm³/mol. The fraction of sp³-hybridized carbons (Fsp3) is 0.760. The minimum atomic E-state index is -1.18. The summed E-state index contributed by atoms with van der Waals surface area (Å²) in [6.07, 6.45) is 7.04. The molecule has 0 bridgehead atoms. The van der Waals surface area contributed by atoms with E-state index in [4.69, 9.17) is 21.1 Å². The lowest BCUT2D eigenvalue weighted by molar-refractivity contribution is -0.235. The van der Waals surface area contributed by atoms with Crippen LogP contribution < -0.4 is 0 Å². The molecular formula is C50H75ClN2O7. The zero-order valence-electron chi connectivity index (χ0n) is 38.8. The molecule has 5 aliphatic carbocycles. The Morgan fingerprint density at radius 2 is 1.60 bits per heavy atom. The van der Waals surface area contributed by atoms with Gasteiger partial charge in [-0.15, -0.1) is 0 Å². The summed E-state index contributed by atoms with van der Waals surface area (Å²) in [5.74, 6) is -0.492. The number of ketones is 1. The maximum Gasteiger partial charge on any atom is 0.309 e. The molecule has 0 spiro atoms. The average Bonchev–Trinajstić information content (AvgIpc) is 3.45. The van der Waals surface area contributed by atoms with Crippen molar-refractivity contribution in [3.63, 3.8) is 0 Å². The number of hydrogen-bond acceptors (Lipinski definition) is 8. The molecule has 4 fully saturated rings. The SMILES string of the molecule is CC(=O)O[C@@H](CN(CCN(C)C)Cc1ccccc1Cl)[C@]12CC[C@]3(C)[C@H](CC[C@@H]4[C@@]5(C)CC[C@H](OC(=O)CC(C)(C)C(=O)O)C(C)(C)[C@@H]5CC[C@]43C)C1=C(C(C)C)C(=O)C2. The van der Waals surface area contributed by atoms with Gasteiger partial charge in [-0.05, 0) is 142 Å². The van der Waals surface area contributed by atoms with E-state index in [2.05, 4.69) is 78.4 Å². The van der Waals surface area contributed by atoms with Gasteiger partial charge in [0, 0.05) is 55.4 Å². The second-order valence-corrected chi connectivity index (χ2v) is 22.7. The van der Waals surface area contributed by atoms with Gasteiger partial charge in [0.05, 0.1) is 11.8 Å². The molecule has 9 nitrogen and oxygen atoms in total.